The summed E-state index contributed by atoms with van der Waals surface area (Å²) >= 11 is 0. The number of carbonyl (C=O) groups is 2. The van der Waals surface area contributed by atoms with Gasteiger partial charge in [0.15, 0.2) is 9.84 Å². The van der Waals surface area contributed by atoms with Crippen LogP contribution in [0, 0.1) is 0 Å². The predicted molar refractivity (Wildman–Crippen MR) is 63.4 cm³/mol. The molecule has 0 aromatic carbocycles. The first-order valence-corrected chi connectivity index (χ1v) is 6.85. The molecule has 7 heteroatoms. The van der Waals surface area contributed by atoms with Crippen LogP contribution in [0.25, 0.3) is 0 Å². The second kappa shape index (κ2) is 5.48. The molecule has 0 aliphatic rings. The maximum Gasteiger partial charge on any atom is 0.326 e. The van der Waals surface area contributed by atoms with E-state index in [1.165, 1.54) is 6.92 Å². The van der Waals surface area contributed by atoms with Crippen LogP contribution in [-0.2, 0) is 19.4 Å². The van der Waals surface area contributed by atoms with Gasteiger partial charge in [-0.15, -0.1) is 0 Å². The summed E-state index contributed by atoms with van der Waals surface area (Å²) in [5.74, 6) is -2.00. The molecule has 1 atom stereocenters. The Morgan fingerprint density at radius 3 is 2.06 bits per heavy atom. The SMILES string of the molecule is CC(=O)NC(CCS(=O)(=O)C(C)(C)C)C(=O)O. The molecule has 100 valence electrons. The number of sulfone groups is 1. The molecule has 0 rings (SSSR count). The van der Waals surface area contributed by atoms with Crippen LogP contribution in [0.5, 0.6) is 0 Å². The number of aliphatic carboxylic acids is 1. The number of hydrogen-bond donors (Lipinski definition) is 2. The summed E-state index contributed by atoms with van der Waals surface area (Å²) in [6.07, 6.45) is -0.130. The van der Waals surface area contributed by atoms with Crippen LogP contribution in [0.3, 0.4) is 0 Å². The van der Waals surface area contributed by atoms with E-state index in [-0.39, 0.29) is 12.2 Å². The first-order chi connectivity index (χ1) is 7.47. The minimum Gasteiger partial charge on any atom is -0.480 e. The van der Waals surface area contributed by atoms with Crippen LogP contribution in [-0.4, -0.2) is 41.9 Å². The van der Waals surface area contributed by atoms with Gasteiger partial charge in [0.1, 0.15) is 6.04 Å². The molecule has 0 aromatic rings. The van der Waals surface area contributed by atoms with Crippen LogP contribution in [0.1, 0.15) is 34.1 Å². The Morgan fingerprint density at radius 1 is 1.29 bits per heavy atom. The second-order valence-corrected chi connectivity index (χ2v) is 7.67. The largest absolute Gasteiger partial charge is 0.480 e. The monoisotopic (exact) mass is 265 g/mol. The topological polar surface area (TPSA) is 101 Å². The van der Waals surface area contributed by atoms with E-state index in [2.05, 4.69) is 5.32 Å². The molecule has 6 nitrogen and oxygen atoms in total. The lowest BCUT2D eigenvalue weighted by molar-refractivity contribution is -0.141. The fraction of sp³-hybridized carbons (Fsp3) is 0.800. The van der Waals surface area contributed by atoms with Crippen LogP contribution in [0.4, 0.5) is 0 Å². The predicted octanol–water partition coefficient (Wildman–Crippen LogP) is 0.179. The van der Waals surface area contributed by atoms with Crippen molar-refractivity contribution in [3.63, 3.8) is 0 Å². The standard InChI is InChI=1S/C10H19NO5S/c1-7(12)11-8(9(13)14)5-6-17(15,16)10(2,3)4/h8H,5-6H2,1-4H3,(H,11,12)(H,13,14). The minimum absolute atomic E-state index is 0.130. The van der Waals surface area contributed by atoms with Crippen molar-refractivity contribution >= 4 is 21.7 Å². The Hall–Kier alpha value is -1.11. The smallest absolute Gasteiger partial charge is 0.326 e. The average Bonchev–Trinajstić information content (AvgIpc) is 2.09. The van der Waals surface area contributed by atoms with Crippen LogP contribution in [0.2, 0.25) is 0 Å². The molecule has 0 fully saturated rings. The van der Waals surface area contributed by atoms with Crippen molar-refractivity contribution in [2.24, 2.45) is 0 Å². The van der Waals surface area contributed by atoms with Crippen LogP contribution < -0.4 is 5.32 Å². The number of amides is 1. The van der Waals surface area contributed by atoms with Crippen molar-refractivity contribution in [2.75, 3.05) is 5.75 Å². The van der Waals surface area contributed by atoms with Crippen molar-refractivity contribution in [3.05, 3.63) is 0 Å². The van der Waals surface area contributed by atoms with E-state index in [1.807, 2.05) is 0 Å². The van der Waals surface area contributed by atoms with Crippen molar-refractivity contribution in [2.45, 2.75) is 44.9 Å². The Bertz CT molecular complexity index is 393. The van der Waals surface area contributed by atoms with E-state index in [0.29, 0.717) is 0 Å². The van der Waals surface area contributed by atoms with Crippen LogP contribution >= 0.6 is 0 Å². The summed E-state index contributed by atoms with van der Waals surface area (Å²) in [5, 5.41) is 11.0. The molecule has 0 bridgehead atoms. The lowest BCUT2D eigenvalue weighted by Crippen LogP contribution is -2.42. The van der Waals surface area contributed by atoms with E-state index in [0.717, 1.165) is 0 Å². The molecular formula is C10H19NO5S. The van der Waals surface area contributed by atoms with Gasteiger partial charge in [0.2, 0.25) is 5.91 Å². The summed E-state index contributed by atoms with van der Waals surface area (Å²) in [5.41, 5.74) is 0. The normalized spacial score (nSPS) is 14.1. The molecule has 1 unspecified atom stereocenters. The van der Waals surface area contributed by atoms with Gasteiger partial charge in [-0.2, -0.15) is 0 Å². The molecule has 0 aromatic heterocycles. The average molecular weight is 265 g/mol. The third-order valence-electron chi connectivity index (χ3n) is 2.28. The summed E-state index contributed by atoms with van der Waals surface area (Å²) < 4.78 is 22.6. The number of hydrogen-bond acceptors (Lipinski definition) is 4. The molecular weight excluding hydrogens is 246 g/mol. The van der Waals surface area contributed by atoms with Crippen molar-refractivity contribution in [1.29, 1.82) is 0 Å². The van der Waals surface area contributed by atoms with Crippen molar-refractivity contribution in [3.8, 4) is 0 Å². The highest BCUT2D eigenvalue weighted by Gasteiger charge is 2.30. The Labute approximate surface area is 101 Å². The van der Waals surface area contributed by atoms with Gasteiger partial charge >= 0.3 is 5.97 Å². The van der Waals surface area contributed by atoms with Crippen molar-refractivity contribution in [1.82, 2.24) is 5.32 Å². The Balaban J connectivity index is 4.63. The summed E-state index contributed by atoms with van der Waals surface area (Å²) in [6.45, 7) is 5.84. The molecule has 0 saturated carbocycles. The number of carboxylic acids is 1. The Morgan fingerprint density at radius 2 is 1.76 bits per heavy atom. The lowest BCUT2D eigenvalue weighted by atomic mass is 10.2. The summed E-state index contributed by atoms with van der Waals surface area (Å²) in [4.78, 5) is 21.5. The van der Waals surface area contributed by atoms with E-state index < -0.39 is 32.5 Å². The van der Waals surface area contributed by atoms with Gasteiger partial charge in [0.25, 0.3) is 0 Å². The molecule has 0 spiro atoms. The van der Waals surface area contributed by atoms with E-state index in [4.69, 9.17) is 5.11 Å². The fourth-order valence-corrected chi connectivity index (χ4v) is 2.24. The first kappa shape index (κ1) is 15.9. The van der Waals surface area contributed by atoms with E-state index in [9.17, 15) is 18.0 Å². The highest BCUT2D eigenvalue weighted by atomic mass is 32.2. The first-order valence-electron chi connectivity index (χ1n) is 5.19. The van der Waals surface area contributed by atoms with E-state index in [1.54, 1.807) is 20.8 Å². The number of carbonyl (C=O) groups excluding carboxylic acids is 1. The molecule has 0 radical (unpaired) electrons. The zero-order chi connectivity index (χ0) is 13.9. The van der Waals surface area contributed by atoms with Gasteiger partial charge in [0, 0.05) is 6.92 Å². The van der Waals surface area contributed by atoms with Gasteiger partial charge in [-0.1, -0.05) is 0 Å². The van der Waals surface area contributed by atoms with Crippen molar-refractivity contribution < 1.29 is 23.1 Å². The highest BCUT2D eigenvalue weighted by Crippen LogP contribution is 2.17. The van der Waals surface area contributed by atoms with Gasteiger partial charge in [-0.3, -0.25) is 4.79 Å². The van der Waals surface area contributed by atoms with Gasteiger partial charge in [-0.25, -0.2) is 13.2 Å². The zero-order valence-corrected chi connectivity index (χ0v) is 11.3. The molecule has 2 N–H and O–H groups in total. The quantitative estimate of drug-likeness (QED) is 0.738. The van der Waals surface area contributed by atoms with Crippen LogP contribution in [0.15, 0.2) is 0 Å². The zero-order valence-electron chi connectivity index (χ0n) is 10.5. The third-order valence-corrected chi connectivity index (χ3v) is 4.92. The number of nitrogens with one attached hydrogen (secondary N) is 1. The van der Waals surface area contributed by atoms with Gasteiger partial charge in [-0.05, 0) is 27.2 Å². The van der Waals surface area contributed by atoms with E-state index >= 15 is 0 Å². The molecule has 0 saturated heterocycles. The molecule has 0 heterocycles. The molecule has 0 aliphatic heterocycles. The lowest BCUT2D eigenvalue weighted by Gasteiger charge is -2.20. The Kier molecular flexibility index (Phi) is 5.12. The van der Waals surface area contributed by atoms with Gasteiger partial charge < -0.3 is 10.4 Å². The summed E-state index contributed by atoms with van der Waals surface area (Å²) in [6, 6.07) is -1.16. The number of rotatable bonds is 5. The maximum absolute atomic E-state index is 11.8. The third kappa shape index (κ3) is 5.16. The van der Waals surface area contributed by atoms with Gasteiger partial charge in [0.05, 0.1) is 10.5 Å². The minimum atomic E-state index is -3.38. The molecule has 1 amide bonds. The molecule has 17 heavy (non-hydrogen) atoms. The highest BCUT2D eigenvalue weighted by molar-refractivity contribution is 7.92. The fourth-order valence-electron chi connectivity index (χ4n) is 1.08. The second-order valence-electron chi connectivity index (χ2n) is 4.81. The maximum atomic E-state index is 11.8. The number of carboxylic acid groups (broad SMARTS) is 1. The summed E-state index contributed by atoms with van der Waals surface area (Å²) in [7, 11) is -3.38. The molecule has 0 aliphatic carbocycles.